The lowest BCUT2D eigenvalue weighted by Crippen LogP contribution is -2.48. The quantitative estimate of drug-likeness (QED) is 0.863. The third kappa shape index (κ3) is 2.77. The fraction of sp³-hybridized carbons (Fsp3) is 0.500. The van der Waals surface area contributed by atoms with Crippen LogP contribution in [0.1, 0.15) is 43.0 Å². The molecule has 1 aromatic carbocycles. The number of fused-ring (bicyclic) bond motifs is 2. The highest BCUT2D eigenvalue weighted by Crippen LogP contribution is 2.37. The van der Waals surface area contributed by atoms with Crippen molar-refractivity contribution in [1.29, 1.82) is 0 Å². The highest BCUT2D eigenvalue weighted by Gasteiger charge is 2.44. The normalized spacial score (nSPS) is 26.8. The SMILES string of the molecule is CC(=O)c1cc(O[C@H]2C[C@H]3CC[C@@H](C2)N3C(=O)O)ccc1Cl. The Kier molecular flexibility index (Phi) is 4.00. The van der Waals surface area contributed by atoms with Crippen LogP contribution >= 0.6 is 11.6 Å². The summed E-state index contributed by atoms with van der Waals surface area (Å²) in [7, 11) is 0. The molecule has 3 atom stereocenters. The zero-order valence-corrected chi connectivity index (χ0v) is 13.0. The second kappa shape index (κ2) is 5.80. The second-order valence-corrected chi connectivity index (χ2v) is 6.39. The average Bonchev–Trinajstić information content (AvgIpc) is 2.73. The number of hydrogen-bond acceptors (Lipinski definition) is 3. The minimum atomic E-state index is -0.837. The fourth-order valence-electron chi connectivity index (χ4n) is 3.58. The molecule has 0 spiro atoms. The van der Waals surface area contributed by atoms with E-state index in [1.165, 1.54) is 6.92 Å². The monoisotopic (exact) mass is 323 g/mol. The number of Topliss-reactive ketones (excluding diaryl/α,β-unsaturated/α-hetero) is 1. The van der Waals surface area contributed by atoms with Crippen molar-refractivity contribution in [2.75, 3.05) is 0 Å². The summed E-state index contributed by atoms with van der Waals surface area (Å²) in [6, 6.07) is 5.16. The summed E-state index contributed by atoms with van der Waals surface area (Å²) < 4.78 is 5.98. The summed E-state index contributed by atoms with van der Waals surface area (Å²) >= 11 is 6.00. The first kappa shape index (κ1) is 15.2. The number of piperidine rings is 1. The molecule has 0 radical (unpaired) electrons. The highest BCUT2D eigenvalue weighted by molar-refractivity contribution is 6.33. The van der Waals surface area contributed by atoms with Gasteiger partial charge in [0.15, 0.2) is 5.78 Å². The van der Waals surface area contributed by atoms with Crippen molar-refractivity contribution in [2.45, 2.75) is 50.8 Å². The average molecular weight is 324 g/mol. The van der Waals surface area contributed by atoms with Gasteiger partial charge in [-0.2, -0.15) is 0 Å². The molecule has 2 bridgehead atoms. The molecule has 2 heterocycles. The van der Waals surface area contributed by atoms with Crippen LogP contribution in [0.2, 0.25) is 5.02 Å². The van der Waals surface area contributed by atoms with Crippen LogP contribution in [0.15, 0.2) is 18.2 Å². The highest BCUT2D eigenvalue weighted by atomic mass is 35.5. The molecule has 0 saturated carbocycles. The van der Waals surface area contributed by atoms with Crippen LogP contribution in [0.4, 0.5) is 4.79 Å². The summed E-state index contributed by atoms with van der Waals surface area (Å²) in [4.78, 5) is 24.4. The molecule has 2 saturated heterocycles. The van der Waals surface area contributed by atoms with Crippen molar-refractivity contribution in [3.63, 3.8) is 0 Å². The maximum Gasteiger partial charge on any atom is 0.407 e. The maximum absolute atomic E-state index is 11.5. The Hall–Kier alpha value is -1.75. The predicted octanol–water partition coefficient (Wildman–Crippen LogP) is 3.59. The fourth-order valence-corrected chi connectivity index (χ4v) is 3.83. The molecule has 1 amide bonds. The van der Waals surface area contributed by atoms with Crippen molar-refractivity contribution in [3.05, 3.63) is 28.8 Å². The Labute approximate surface area is 133 Å². The van der Waals surface area contributed by atoms with Crippen molar-refractivity contribution in [1.82, 2.24) is 4.90 Å². The molecule has 0 aliphatic carbocycles. The van der Waals surface area contributed by atoms with E-state index in [9.17, 15) is 14.7 Å². The summed E-state index contributed by atoms with van der Waals surface area (Å²) in [6.07, 6.45) is 2.33. The summed E-state index contributed by atoms with van der Waals surface area (Å²) in [5, 5.41) is 9.67. The molecular weight excluding hydrogens is 306 g/mol. The van der Waals surface area contributed by atoms with Crippen LogP contribution in [0, 0.1) is 0 Å². The number of carbonyl (C=O) groups is 2. The van der Waals surface area contributed by atoms with Gasteiger partial charge in [0.25, 0.3) is 0 Å². The zero-order chi connectivity index (χ0) is 15.9. The molecule has 0 unspecified atom stereocenters. The molecule has 1 aromatic rings. The third-order valence-electron chi connectivity index (χ3n) is 4.53. The van der Waals surface area contributed by atoms with Crippen molar-refractivity contribution < 1.29 is 19.4 Å². The Morgan fingerprint density at radius 2 is 1.91 bits per heavy atom. The number of ketones is 1. The number of benzene rings is 1. The number of carbonyl (C=O) groups excluding carboxylic acids is 1. The minimum absolute atomic E-state index is 0.0194. The number of halogens is 1. The molecule has 22 heavy (non-hydrogen) atoms. The van der Waals surface area contributed by atoms with Gasteiger partial charge in [-0.3, -0.25) is 4.79 Å². The Balaban J connectivity index is 1.72. The lowest BCUT2D eigenvalue weighted by atomic mass is 10.00. The van der Waals surface area contributed by atoms with Gasteiger partial charge in [-0.15, -0.1) is 0 Å². The lowest BCUT2D eigenvalue weighted by molar-refractivity contribution is 0.0495. The van der Waals surface area contributed by atoms with E-state index in [0.29, 0.717) is 29.2 Å². The van der Waals surface area contributed by atoms with Crippen LogP contribution in [-0.2, 0) is 0 Å². The Morgan fingerprint density at radius 1 is 1.27 bits per heavy atom. The second-order valence-electron chi connectivity index (χ2n) is 5.98. The molecule has 3 rings (SSSR count). The van der Waals surface area contributed by atoms with E-state index in [0.717, 1.165) is 12.8 Å². The first-order valence-electron chi connectivity index (χ1n) is 7.44. The van der Waals surface area contributed by atoms with Crippen LogP contribution < -0.4 is 4.74 Å². The van der Waals surface area contributed by atoms with Gasteiger partial charge in [-0.05, 0) is 38.0 Å². The van der Waals surface area contributed by atoms with Gasteiger partial charge >= 0.3 is 6.09 Å². The molecule has 2 aliphatic heterocycles. The van der Waals surface area contributed by atoms with Gasteiger partial charge in [0.05, 0.1) is 5.02 Å². The largest absolute Gasteiger partial charge is 0.490 e. The third-order valence-corrected chi connectivity index (χ3v) is 4.86. The van der Waals surface area contributed by atoms with Crippen LogP contribution in [0.5, 0.6) is 5.75 Å². The lowest BCUT2D eigenvalue weighted by Gasteiger charge is -2.37. The molecular formula is C16H18ClNO4. The topological polar surface area (TPSA) is 66.8 Å². The number of carboxylic acid groups (broad SMARTS) is 1. The molecule has 2 fully saturated rings. The number of rotatable bonds is 3. The van der Waals surface area contributed by atoms with Crippen molar-refractivity contribution in [3.8, 4) is 5.75 Å². The number of nitrogens with zero attached hydrogens (tertiary/aromatic N) is 1. The van der Waals surface area contributed by atoms with E-state index in [4.69, 9.17) is 16.3 Å². The van der Waals surface area contributed by atoms with E-state index < -0.39 is 6.09 Å². The van der Waals surface area contributed by atoms with Crippen LogP contribution in [-0.4, -0.2) is 40.1 Å². The molecule has 6 heteroatoms. The van der Waals surface area contributed by atoms with E-state index in [2.05, 4.69) is 0 Å². The van der Waals surface area contributed by atoms with Gasteiger partial charge in [-0.25, -0.2) is 4.79 Å². The number of amides is 1. The summed E-state index contributed by atoms with van der Waals surface area (Å²) in [5.74, 6) is 0.513. The molecule has 2 aliphatic rings. The first-order chi connectivity index (χ1) is 10.5. The Morgan fingerprint density at radius 3 is 2.45 bits per heavy atom. The zero-order valence-electron chi connectivity index (χ0n) is 12.3. The Bertz CT molecular complexity index is 604. The van der Waals surface area contributed by atoms with Gasteiger partial charge in [0.1, 0.15) is 11.9 Å². The van der Waals surface area contributed by atoms with E-state index in [-0.39, 0.29) is 24.0 Å². The van der Waals surface area contributed by atoms with Crippen molar-refractivity contribution >= 4 is 23.5 Å². The summed E-state index contributed by atoms with van der Waals surface area (Å²) in [6.45, 7) is 1.47. The molecule has 1 N–H and O–H groups in total. The molecule has 118 valence electrons. The van der Waals surface area contributed by atoms with Crippen molar-refractivity contribution in [2.24, 2.45) is 0 Å². The van der Waals surface area contributed by atoms with Crippen LogP contribution in [0.25, 0.3) is 0 Å². The van der Waals surface area contributed by atoms with E-state index >= 15 is 0 Å². The number of ether oxygens (including phenoxy) is 1. The van der Waals surface area contributed by atoms with E-state index in [1.807, 2.05) is 0 Å². The molecule has 0 aromatic heterocycles. The predicted molar refractivity (Wildman–Crippen MR) is 81.8 cm³/mol. The minimum Gasteiger partial charge on any atom is -0.490 e. The molecule has 5 nitrogen and oxygen atoms in total. The van der Waals surface area contributed by atoms with Crippen LogP contribution in [0.3, 0.4) is 0 Å². The number of hydrogen-bond donors (Lipinski definition) is 1. The first-order valence-corrected chi connectivity index (χ1v) is 7.82. The van der Waals surface area contributed by atoms with Gasteiger partial charge < -0.3 is 14.7 Å². The van der Waals surface area contributed by atoms with Gasteiger partial charge in [0, 0.05) is 30.5 Å². The smallest absolute Gasteiger partial charge is 0.407 e. The van der Waals surface area contributed by atoms with Gasteiger partial charge in [-0.1, -0.05) is 11.6 Å². The van der Waals surface area contributed by atoms with E-state index in [1.54, 1.807) is 23.1 Å². The maximum atomic E-state index is 11.5. The standard InChI is InChI=1S/C16H18ClNO4/c1-9(19)14-8-12(4-5-15(14)17)22-13-6-10-2-3-11(7-13)18(10)16(20)21/h4-5,8,10-11,13H,2-3,6-7H2,1H3,(H,20,21)/t10-,11+,13+. The summed E-state index contributed by atoms with van der Waals surface area (Å²) in [5.41, 5.74) is 0.449. The van der Waals surface area contributed by atoms with Gasteiger partial charge in [0.2, 0.25) is 0 Å².